The molecule has 3 rings (SSSR count). The number of carbonyl (C=O) groups is 3. The van der Waals surface area contributed by atoms with Crippen molar-refractivity contribution >= 4 is 29.1 Å². The standard InChI is InChI=1S/C16H16FN3O5/c17-12-6-5-9(7-13(12)20(24)25)18-14(21)8-19-15(22)10-3-1-2-4-11(10)16(19)23/h5-7,10-11H,1-4,8H2,(H,18,21). The van der Waals surface area contributed by atoms with Gasteiger partial charge in [0.25, 0.3) is 0 Å². The Labute approximate surface area is 142 Å². The third kappa shape index (κ3) is 3.21. The first-order valence-corrected chi connectivity index (χ1v) is 7.97. The predicted molar refractivity (Wildman–Crippen MR) is 83.9 cm³/mol. The minimum atomic E-state index is -1.02. The van der Waals surface area contributed by atoms with Gasteiger partial charge in [0.05, 0.1) is 16.8 Å². The molecule has 2 fully saturated rings. The number of nitro groups is 1. The molecule has 1 aliphatic carbocycles. The number of anilines is 1. The lowest BCUT2D eigenvalue weighted by atomic mass is 9.81. The number of fused-ring (bicyclic) bond motifs is 1. The van der Waals surface area contributed by atoms with Crippen molar-refractivity contribution < 1.29 is 23.7 Å². The number of nitrogens with one attached hydrogen (secondary N) is 1. The average Bonchev–Trinajstić information content (AvgIpc) is 2.82. The normalized spacial score (nSPS) is 22.7. The fraction of sp³-hybridized carbons (Fsp3) is 0.438. The summed E-state index contributed by atoms with van der Waals surface area (Å²) >= 11 is 0. The Morgan fingerprint density at radius 1 is 1.24 bits per heavy atom. The lowest BCUT2D eigenvalue weighted by Crippen LogP contribution is -2.38. The van der Waals surface area contributed by atoms with Gasteiger partial charge in [0.1, 0.15) is 6.54 Å². The van der Waals surface area contributed by atoms with Gasteiger partial charge in [0.2, 0.25) is 23.5 Å². The van der Waals surface area contributed by atoms with Gasteiger partial charge in [-0.25, -0.2) is 0 Å². The second-order valence-electron chi connectivity index (χ2n) is 6.23. The van der Waals surface area contributed by atoms with Gasteiger partial charge in [0.15, 0.2) is 0 Å². The SMILES string of the molecule is O=C(CN1C(=O)C2CCCCC2C1=O)Nc1ccc(F)c([N+](=O)[O-])c1. The highest BCUT2D eigenvalue weighted by molar-refractivity contribution is 6.08. The van der Waals surface area contributed by atoms with Crippen molar-refractivity contribution in [2.45, 2.75) is 25.7 Å². The first-order valence-electron chi connectivity index (χ1n) is 7.97. The van der Waals surface area contributed by atoms with Crippen LogP contribution in [0.2, 0.25) is 0 Å². The van der Waals surface area contributed by atoms with Crippen LogP contribution in [0.25, 0.3) is 0 Å². The summed E-state index contributed by atoms with van der Waals surface area (Å²) in [4.78, 5) is 47.5. The monoisotopic (exact) mass is 349 g/mol. The molecule has 0 aromatic heterocycles. The van der Waals surface area contributed by atoms with Gasteiger partial charge in [-0.3, -0.25) is 29.4 Å². The lowest BCUT2D eigenvalue weighted by Gasteiger charge is -2.19. The van der Waals surface area contributed by atoms with Gasteiger partial charge in [-0.05, 0) is 25.0 Å². The van der Waals surface area contributed by atoms with Crippen LogP contribution in [0.4, 0.5) is 15.8 Å². The summed E-state index contributed by atoms with van der Waals surface area (Å²) in [5.41, 5.74) is -0.744. The predicted octanol–water partition coefficient (Wildman–Crippen LogP) is 1.85. The molecule has 0 radical (unpaired) electrons. The van der Waals surface area contributed by atoms with E-state index in [-0.39, 0.29) is 29.3 Å². The number of halogens is 1. The Bertz CT molecular complexity index is 742. The molecule has 1 saturated heterocycles. The van der Waals surface area contributed by atoms with Crippen LogP contribution in [0.1, 0.15) is 25.7 Å². The van der Waals surface area contributed by atoms with Crippen molar-refractivity contribution in [3.63, 3.8) is 0 Å². The number of likely N-dealkylation sites (tertiary alicyclic amines) is 1. The van der Waals surface area contributed by atoms with Crippen molar-refractivity contribution in [1.29, 1.82) is 0 Å². The van der Waals surface area contributed by atoms with Crippen LogP contribution in [-0.2, 0) is 14.4 Å². The van der Waals surface area contributed by atoms with Crippen molar-refractivity contribution in [2.24, 2.45) is 11.8 Å². The summed E-state index contributed by atoms with van der Waals surface area (Å²) in [7, 11) is 0. The maximum atomic E-state index is 13.3. The van der Waals surface area contributed by atoms with Crippen molar-refractivity contribution in [3.05, 3.63) is 34.1 Å². The van der Waals surface area contributed by atoms with E-state index in [1.807, 2.05) is 0 Å². The zero-order valence-electron chi connectivity index (χ0n) is 13.2. The average molecular weight is 349 g/mol. The molecule has 1 heterocycles. The highest BCUT2D eigenvalue weighted by Crippen LogP contribution is 2.37. The smallest absolute Gasteiger partial charge is 0.306 e. The van der Waals surface area contributed by atoms with E-state index >= 15 is 0 Å². The molecule has 9 heteroatoms. The number of amides is 3. The highest BCUT2D eigenvalue weighted by Gasteiger charge is 2.48. The maximum Gasteiger partial charge on any atom is 0.306 e. The van der Waals surface area contributed by atoms with Gasteiger partial charge in [0, 0.05) is 11.8 Å². The number of nitro benzene ring substituents is 1. The van der Waals surface area contributed by atoms with E-state index < -0.39 is 28.9 Å². The van der Waals surface area contributed by atoms with Gasteiger partial charge in [-0.15, -0.1) is 0 Å². The summed E-state index contributed by atoms with van der Waals surface area (Å²) < 4.78 is 13.3. The Hall–Kier alpha value is -2.84. The van der Waals surface area contributed by atoms with Crippen molar-refractivity contribution in [2.75, 3.05) is 11.9 Å². The molecule has 2 aliphatic rings. The van der Waals surface area contributed by atoms with Crippen LogP contribution >= 0.6 is 0 Å². The number of hydrogen-bond donors (Lipinski definition) is 1. The fourth-order valence-electron chi connectivity index (χ4n) is 3.46. The van der Waals surface area contributed by atoms with Crippen molar-refractivity contribution in [3.8, 4) is 0 Å². The Kier molecular flexibility index (Phi) is 4.47. The number of rotatable bonds is 4. The molecule has 1 N–H and O–H groups in total. The minimum Gasteiger partial charge on any atom is -0.324 e. The van der Waals surface area contributed by atoms with E-state index in [1.165, 1.54) is 6.07 Å². The second-order valence-corrected chi connectivity index (χ2v) is 6.23. The number of nitrogens with zero attached hydrogens (tertiary/aromatic N) is 2. The Morgan fingerprint density at radius 3 is 2.40 bits per heavy atom. The molecule has 132 valence electrons. The van der Waals surface area contributed by atoms with E-state index in [9.17, 15) is 28.9 Å². The molecule has 25 heavy (non-hydrogen) atoms. The summed E-state index contributed by atoms with van der Waals surface area (Å²) in [6, 6.07) is 2.93. The fourth-order valence-corrected chi connectivity index (χ4v) is 3.46. The van der Waals surface area contributed by atoms with E-state index in [0.29, 0.717) is 12.8 Å². The third-order valence-electron chi connectivity index (χ3n) is 4.66. The molecule has 2 atom stereocenters. The second kappa shape index (κ2) is 6.58. The third-order valence-corrected chi connectivity index (χ3v) is 4.66. The quantitative estimate of drug-likeness (QED) is 0.507. The molecule has 1 aliphatic heterocycles. The minimum absolute atomic E-state index is 0.0228. The molecular weight excluding hydrogens is 333 g/mol. The molecule has 1 aromatic rings. The lowest BCUT2D eigenvalue weighted by molar-refractivity contribution is -0.387. The van der Waals surface area contributed by atoms with E-state index in [0.717, 1.165) is 29.9 Å². The summed E-state index contributed by atoms with van der Waals surface area (Å²) in [6.45, 7) is -0.449. The largest absolute Gasteiger partial charge is 0.324 e. The molecule has 2 unspecified atom stereocenters. The van der Waals surface area contributed by atoms with Crippen LogP contribution < -0.4 is 5.32 Å². The van der Waals surface area contributed by atoms with Crippen LogP contribution in [0.5, 0.6) is 0 Å². The molecule has 0 bridgehead atoms. The van der Waals surface area contributed by atoms with Crippen LogP contribution in [-0.4, -0.2) is 34.1 Å². The maximum absolute atomic E-state index is 13.3. The topological polar surface area (TPSA) is 110 Å². The molecular formula is C16H16FN3O5. The zero-order valence-corrected chi connectivity index (χ0v) is 13.2. The summed E-state index contributed by atoms with van der Waals surface area (Å²) in [6.07, 6.45) is 3.08. The first-order chi connectivity index (χ1) is 11.9. The van der Waals surface area contributed by atoms with E-state index in [2.05, 4.69) is 5.32 Å². The molecule has 1 saturated carbocycles. The van der Waals surface area contributed by atoms with Gasteiger partial charge in [-0.1, -0.05) is 12.8 Å². The number of imide groups is 1. The first kappa shape index (κ1) is 17.0. The Morgan fingerprint density at radius 2 is 1.84 bits per heavy atom. The van der Waals surface area contributed by atoms with Crippen LogP contribution in [0, 0.1) is 27.8 Å². The number of carbonyl (C=O) groups excluding carboxylic acids is 3. The van der Waals surface area contributed by atoms with E-state index in [4.69, 9.17) is 0 Å². The zero-order chi connectivity index (χ0) is 18.1. The number of hydrogen-bond acceptors (Lipinski definition) is 5. The van der Waals surface area contributed by atoms with E-state index in [1.54, 1.807) is 0 Å². The molecule has 1 aromatic carbocycles. The Balaban J connectivity index is 1.69. The number of benzene rings is 1. The highest BCUT2D eigenvalue weighted by atomic mass is 19.1. The van der Waals surface area contributed by atoms with Gasteiger partial charge in [-0.2, -0.15) is 4.39 Å². The van der Waals surface area contributed by atoms with Crippen LogP contribution in [0.15, 0.2) is 18.2 Å². The molecule has 0 spiro atoms. The van der Waals surface area contributed by atoms with Crippen molar-refractivity contribution in [1.82, 2.24) is 4.90 Å². The van der Waals surface area contributed by atoms with Gasteiger partial charge >= 0.3 is 5.69 Å². The molecule has 8 nitrogen and oxygen atoms in total. The molecule has 3 amide bonds. The summed E-state index contributed by atoms with van der Waals surface area (Å²) in [5.74, 6) is -3.05. The van der Waals surface area contributed by atoms with Gasteiger partial charge < -0.3 is 5.32 Å². The summed E-state index contributed by atoms with van der Waals surface area (Å²) in [5, 5.41) is 13.1. The van der Waals surface area contributed by atoms with Crippen LogP contribution in [0.3, 0.4) is 0 Å².